The van der Waals surface area contributed by atoms with E-state index in [4.69, 9.17) is 30.1 Å². The van der Waals surface area contributed by atoms with E-state index in [0.29, 0.717) is 0 Å². The number of carbonyl (C=O) groups is 1. The van der Waals surface area contributed by atoms with E-state index in [1.54, 1.807) is 0 Å². The van der Waals surface area contributed by atoms with Crippen LogP contribution in [0.3, 0.4) is 0 Å². The second-order valence-corrected chi connectivity index (χ2v) is 0.557. The van der Waals surface area contributed by atoms with Gasteiger partial charge in [-0.05, 0) is 6.16 Å². The van der Waals surface area contributed by atoms with Crippen molar-refractivity contribution in [3.63, 3.8) is 0 Å². The van der Waals surface area contributed by atoms with Gasteiger partial charge in [0.15, 0.2) is 0 Å². The van der Waals surface area contributed by atoms with Crippen molar-refractivity contribution >= 4 is 74.3 Å². The van der Waals surface area contributed by atoms with Gasteiger partial charge in [0.05, 0.1) is 7.32 Å². The summed E-state index contributed by atoms with van der Waals surface area (Å²) in [4.78, 5) is 8.33. The van der Waals surface area contributed by atoms with Crippen LogP contribution in [0.15, 0.2) is 0 Å². The third kappa shape index (κ3) is 408. The van der Waals surface area contributed by atoms with Gasteiger partial charge in [0.25, 0.3) is 0 Å². The fourth-order valence-electron chi connectivity index (χ4n) is 0. The Morgan fingerprint density at radius 2 is 1.30 bits per heavy atom. The summed E-state index contributed by atoms with van der Waals surface area (Å²) in [6, 6.07) is 0. The Bertz CT molecular complexity index is 62.0. The topological polar surface area (TPSA) is 130 Å². The number of carboxylic acid groups (broad SMARTS) is 2. The van der Waals surface area contributed by atoms with Gasteiger partial charge in [0.1, 0.15) is 0 Å². The molecule has 0 unspecified atom stereocenters. The van der Waals surface area contributed by atoms with Crippen molar-refractivity contribution in [1.82, 2.24) is 0 Å². The van der Waals surface area contributed by atoms with Crippen LogP contribution in [0.25, 0.3) is 0 Å². The maximum atomic E-state index is 8.53. The maximum Gasteiger partial charge on any atom is 2.00 e. The van der Waals surface area contributed by atoms with Gasteiger partial charge >= 0.3 is 60.8 Å². The fourth-order valence-corrected chi connectivity index (χ4v) is 0. The van der Waals surface area contributed by atoms with Gasteiger partial charge in [-0.2, -0.15) is 0 Å². The molecule has 0 aromatic carbocycles. The normalized spacial score (nSPS) is 5.10. The number of carbonyl (C=O) groups excluding carboxylic acids is 1. The summed E-state index contributed by atoms with van der Waals surface area (Å²) >= 11 is 0. The molecule has 0 atom stereocenters. The van der Waals surface area contributed by atoms with Crippen molar-refractivity contribution in [3.8, 4) is 0 Å². The zero-order chi connectivity index (χ0) is 7.15. The molecule has 0 radical (unpaired) electrons. The Morgan fingerprint density at radius 3 is 1.30 bits per heavy atom. The minimum atomic E-state index is -2.67. The number of rotatable bonds is 0. The van der Waals surface area contributed by atoms with Gasteiger partial charge in [-0.3, -0.25) is 0 Å². The van der Waals surface area contributed by atoms with E-state index < -0.39 is 13.5 Å². The molecule has 0 aliphatic heterocycles. The summed E-state index contributed by atoms with van der Waals surface area (Å²) in [7, 11) is -2.67. The first-order chi connectivity index (χ1) is 3.46. The molecule has 0 bridgehead atoms. The van der Waals surface area contributed by atoms with Gasteiger partial charge in [0, 0.05) is 0 Å². The predicted molar refractivity (Wildman–Crippen MR) is 24.9 cm³/mol. The van der Waals surface area contributed by atoms with E-state index >= 15 is 0 Å². The molecule has 0 fully saturated rings. The molecule has 6 nitrogen and oxygen atoms in total. The molecule has 0 aliphatic carbocycles. The van der Waals surface area contributed by atoms with Crippen LogP contribution in [0.2, 0.25) is 0 Å². The Morgan fingerprint density at radius 1 is 1.30 bits per heavy atom. The summed E-state index contributed by atoms with van der Waals surface area (Å²) in [5, 5.41) is 40.7. The molecule has 0 aromatic rings. The van der Waals surface area contributed by atoms with Crippen LogP contribution in [0.4, 0.5) is 4.79 Å². The van der Waals surface area contributed by atoms with Crippen molar-refractivity contribution in [2.75, 3.05) is 0 Å². The molecule has 0 amide bonds. The summed E-state index contributed by atoms with van der Waals surface area (Å²) in [6.45, 7) is 0. The zero-order valence-corrected chi connectivity index (χ0v) is 8.60. The van der Waals surface area contributed by atoms with Crippen molar-refractivity contribution in [1.29, 1.82) is 0 Å². The summed E-state index contributed by atoms with van der Waals surface area (Å²) < 4.78 is 0. The number of hydrogen-bond acceptors (Lipinski definition) is 6. The molecule has 10 heavy (non-hydrogen) atoms. The largest absolute Gasteiger partial charge is 2.00 e. The molecule has 0 heterocycles. The van der Waals surface area contributed by atoms with Crippen LogP contribution in [-0.4, -0.2) is 79.3 Å². The molecule has 1 N–H and O–H groups in total. The Balaban J connectivity index is -0.0000000300. The smallest absolute Gasteiger partial charge is 0.871 e. The number of hydrogen-bond donors (Lipinski definition) is 1. The summed E-state index contributed by atoms with van der Waals surface area (Å²) in [6.07, 6.45) is -2.33. The van der Waals surface area contributed by atoms with Crippen molar-refractivity contribution in [2.45, 2.75) is 0 Å². The molecule has 0 rings (SSSR count). The molecule has 0 aromatic heterocycles. The van der Waals surface area contributed by atoms with Crippen LogP contribution < -0.4 is 20.3 Å². The van der Waals surface area contributed by atoms with Gasteiger partial charge in [-0.15, -0.1) is 0 Å². The van der Waals surface area contributed by atoms with E-state index in [1.165, 1.54) is 0 Å². The summed E-state index contributed by atoms with van der Waals surface area (Å²) in [5.41, 5.74) is 0. The molecule has 0 spiro atoms. The van der Waals surface area contributed by atoms with Crippen LogP contribution in [-0.2, 0) is 0 Å². The van der Waals surface area contributed by atoms with Crippen LogP contribution in [0, 0.1) is 0 Å². The van der Waals surface area contributed by atoms with Crippen LogP contribution >= 0.6 is 0 Å². The molecule has 48 valence electrons. The van der Waals surface area contributed by atoms with Gasteiger partial charge < -0.3 is 30.1 Å². The zero-order valence-electron chi connectivity index (χ0n) is 4.98. The first-order valence-electron chi connectivity index (χ1n) is 1.34. The van der Waals surface area contributed by atoms with Crippen molar-refractivity contribution in [3.05, 3.63) is 0 Å². The van der Waals surface area contributed by atoms with E-state index in [-0.39, 0.29) is 60.8 Å². The van der Waals surface area contributed by atoms with Crippen molar-refractivity contribution < 1.29 is 30.1 Å². The van der Waals surface area contributed by atoms with E-state index in [1.807, 2.05) is 0 Å². The third-order valence-electron chi connectivity index (χ3n) is 0. The molecular formula is CHBCaMgO6. The maximum absolute atomic E-state index is 8.53. The van der Waals surface area contributed by atoms with Gasteiger partial charge in [-0.1, -0.05) is 0 Å². The minimum absolute atomic E-state index is 0. The predicted octanol–water partition coefficient (Wildman–Crippen LogP) is -6.52. The van der Waals surface area contributed by atoms with Crippen molar-refractivity contribution in [2.24, 2.45) is 0 Å². The average molecular weight is 184 g/mol. The first kappa shape index (κ1) is 22.5. The first-order valence-corrected chi connectivity index (χ1v) is 1.34. The van der Waals surface area contributed by atoms with Crippen LogP contribution in [0.5, 0.6) is 0 Å². The Kier molecular flexibility index (Phi) is 37.5. The van der Waals surface area contributed by atoms with E-state index in [0.717, 1.165) is 0 Å². The SMILES string of the molecule is O=C([O-])[O-].[Ca+2].[Mg+2].[O-]B([O-])O. The third-order valence-corrected chi connectivity index (χ3v) is 0. The van der Waals surface area contributed by atoms with Gasteiger partial charge in [0.2, 0.25) is 0 Å². The Labute approximate surface area is 103 Å². The molecule has 0 saturated heterocycles. The quantitative estimate of drug-likeness (QED) is 0.372. The monoisotopic (exact) mass is 184 g/mol. The molecule has 0 saturated carbocycles. The summed E-state index contributed by atoms with van der Waals surface area (Å²) in [5.74, 6) is 0. The molecular weight excluding hydrogens is 183 g/mol. The van der Waals surface area contributed by atoms with E-state index in [9.17, 15) is 0 Å². The standard InChI is InChI=1S/CH2O3.BHO3.Ca.Mg/c2*2-1(3)4;;/h(H2,2,3,4);2H;;/q;-2;2*+2/p-2. The van der Waals surface area contributed by atoms with E-state index in [2.05, 4.69) is 0 Å². The van der Waals surface area contributed by atoms with Crippen LogP contribution in [0.1, 0.15) is 0 Å². The molecule has 9 heteroatoms. The van der Waals surface area contributed by atoms with Gasteiger partial charge in [-0.25, -0.2) is 0 Å². The second kappa shape index (κ2) is 16.7. The molecule has 0 aliphatic rings. The second-order valence-electron chi connectivity index (χ2n) is 0.557. The Hall–Kier alpha value is 1.24. The fraction of sp³-hybridized carbons (Fsp3) is 0. The minimum Gasteiger partial charge on any atom is -0.871 e. The average Bonchev–Trinajstić information content (AvgIpc) is 1.25.